The number of hydrogen-bond acceptors (Lipinski definition) is 1. The van der Waals surface area contributed by atoms with Gasteiger partial charge in [-0.25, -0.2) is 0 Å². The van der Waals surface area contributed by atoms with Crippen molar-refractivity contribution in [1.82, 2.24) is 0 Å². The fourth-order valence-electron chi connectivity index (χ4n) is 5.35. The molecule has 1 aliphatic heterocycles. The van der Waals surface area contributed by atoms with Crippen molar-refractivity contribution in [2.24, 2.45) is 0 Å². The smallest absolute Gasteiger partial charge is 0.0417 e. The molecule has 1 heteroatoms. The monoisotopic (exact) mass is 447 g/mol. The van der Waals surface area contributed by atoms with Crippen molar-refractivity contribution in [1.29, 1.82) is 0 Å². The Labute approximate surface area is 204 Å². The van der Waals surface area contributed by atoms with E-state index in [1.807, 2.05) is 0 Å². The Balaban J connectivity index is 1.58. The van der Waals surface area contributed by atoms with Crippen molar-refractivity contribution in [3.63, 3.8) is 0 Å². The molecule has 1 aliphatic rings. The molecule has 33 heavy (non-hydrogen) atoms. The van der Waals surface area contributed by atoms with Gasteiger partial charge in [-0.05, 0) is 71.9 Å². The summed E-state index contributed by atoms with van der Waals surface area (Å²) >= 11 is 0. The number of fused-ring (bicyclic) bond motifs is 2. The van der Waals surface area contributed by atoms with E-state index >= 15 is 0 Å². The largest absolute Gasteiger partial charge is 0.355 e. The SMILES string of the molecule is CCCCCCCC(C)c1ccc2c(c1)CCc1cc(C(C)CCCCCCC)ccc1N2. The molecule has 2 aromatic rings. The van der Waals surface area contributed by atoms with Crippen LogP contribution in [0.3, 0.4) is 0 Å². The minimum Gasteiger partial charge on any atom is -0.355 e. The van der Waals surface area contributed by atoms with Gasteiger partial charge < -0.3 is 5.32 Å². The van der Waals surface area contributed by atoms with Crippen LogP contribution in [-0.2, 0) is 12.8 Å². The van der Waals surface area contributed by atoms with Crippen LogP contribution in [0.15, 0.2) is 36.4 Å². The van der Waals surface area contributed by atoms with Gasteiger partial charge in [0, 0.05) is 11.4 Å². The highest BCUT2D eigenvalue weighted by molar-refractivity contribution is 5.69. The fraction of sp³-hybridized carbons (Fsp3) is 0.625. The number of hydrogen-bond donors (Lipinski definition) is 1. The zero-order valence-electron chi connectivity index (χ0n) is 22.0. The van der Waals surface area contributed by atoms with E-state index in [1.165, 1.54) is 111 Å². The van der Waals surface area contributed by atoms with E-state index in [0.29, 0.717) is 11.8 Å². The summed E-state index contributed by atoms with van der Waals surface area (Å²) in [5.74, 6) is 1.32. The van der Waals surface area contributed by atoms with E-state index in [1.54, 1.807) is 0 Å². The van der Waals surface area contributed by atoms with Crippen molar-refractivity contribution in [2.75, 3.05) is 5.32 Å². The molecule has 0 saturated carbocycles. The zero-order valence-corrected chi connectivity index (χ0v) is 22.0. The summed E-state index contributed by atoms with van der Waals surface area (Å²) in [5, 5.41) is 3.77. The molecule has 1 N–H and O–H groups in total. The number of benzene rings is 2. The average Bonchev–Trinajstić information content (AvgIpc) is 3.01. The summed E-state index contributed by atoms with van der Waals surface area (Å²) in [7, 11) is 0. The van der Waals surface area contributed by atoms with Crippen LogP contribution < -0.4 is 5.32 Å². The summed E-state index contributed by atoms with van der Waals surface area (Å²) in [6, 6.07) is 14.4. The Morgan fingerprint density at radius 3 is 1.45 bits per heavy atom. The molecule has 0 saturated heterocycles. The molecule has 182 valence electrons. The molecule has 3 rings (SSSR count). The Morgan fingerprint density at radius 2 is 1.03 bits per heavy atom. The van der Waals surface area contributed by atoms with Crippen LogP contribution in [-0.4, -0.2) is 0 Å². The topological polar surface area (TPSA) is 12.0 Å². The second-order valence-electron chi connectivity index (χ2n) is 10.7. The maximum absolute atomic E-state index is 3.77. The molecule has 1 heterocycles. The number of unbranched alkanes of at least 4 members (excludes halogenated alkanes) is 8. The number of aryl methyl sites for hydroxylation is 2. The molecule has 1 nitrogen and oxygen atoms in total. The maximum Gasteiger partial charge on any atom is 0.0417 e. The van der Waals surface area contributed by atoms with Crippen LogP contribution in [0.5, 0.6) is 0 Å². The molecular weight excluding hydrogens is 398 g/mol. The second-order valence-corrected chi connectivity index (χ2v) is 10.7. The van der Waals surface area contributed by atoms with Gasteiger partial charge >= 0.3 is 0 Å². The predicted molar refractivity (Wildman–Crippen MR) is 147 cm³/mol. The van der Waals surface area contributed by atoms with Crippen molar-refractivity contribution in [3.05, 3.63) is 58.7 Å². The number of nitrogens with one attached hydrogen (secondary N) is 1. The Bertz CT molecular complexity index is 767. The van der Waals surface area contributed by atoms with Gasteiger partial charge in [0.25, 0.3) is 0 Å². The third-order valence-electron chi connectivity index (χ3n) is 7.81. The normalized spacial score (nSPS) is 14.7. The molecule has 0 spiro atoms. The first-order chi connectivity index (χ1) is 16.1. The first-order valence-electron chi connectivity index (χ1n) is 14.1. The molecule has 0 amide bonds. The lowest BCUT2D eigenvalue weighted by Gasteiger charge is -2.17. The zero-order chi connectivity index (χ0) is 23.5. The lowest BCUT2D eigenvalue weighted by molar-refractivity contribution is 0.566. The predicted octanol–water partition coefficient (Wildman–Crippen LogP) is 10.5. The molecular formula is C32H49N. The molecule has 2 unspecified atom stereocenters. The van der Waals surface area contributed by atoms with Crippen LogP contribution in [0.4, 0.5) is 11.4 Å². The van der Waals surface area contributed by atoms with E-state index in [4.69, 9.17) is 0 Å². The van der Waals surface area contributed by atoms with E-state index in [2.05, 4.69) is 69.4 Å². The van der Waals surface area contributed by atoms with Gasteiger partial charge in [-0.2, -0.15) is 0 Å². The molecule has 0 fully saturated rings. The van der Waals surface area contributed by atoms with E-state index in [-0.39, 0.29) is 0 Å². The highest BCUT2D eigenvalue weighted by Gasteiger charge is 2.16. The third kappa shape index (κ3) is 7.90. The fourth-order valence-corrected chi connectivity index (χ4v) is 5.35. The molecule has 2 aromatic carbocycles. The first kappa shape index (κ1) is 25.9. The van der Waals surface area contributed by atoms with Crippen molar-refractivity contribution in [3.8, 4) is 0 Å². The van der Waals surface area contributed by atoms with Crippen LogP contribution in [0.2, 0.25) is 0 Å². The number of anilines is 2. The summed E-state index contributed by atoms with van der Waals surface area (Å²) in [6.07, 6.45) is 18.6. The van der Waals surface area contributed by atoms with Crippen LogP contribution in [0.1, 0.15) is 139 Å². The molecule has 2 atom stereocenters. The second kappa shape index (κ2) is 13.8. The standard InChI is InChI=1S/C32H49N/c1-5-7-9-11-13-15-25(3)27-19-21-31-29(23-27)17-18-30-24-28(20-22-32(30)33-31)26(4)16-14-12-10-8-6-2/h19-26,33H,5-18H2,1-4H3. The Kier molecular flexibility index (Phi) is 10.8. The first-order valence-corrected chi connectivity index (χ1v) is 14.1. The average molecular weight is 448 g/mol. The molecule has 0 radical (unpaired) electrons. The van der Waals surface area contributed by atoms with E-state index in [9.17, 15) is 0 Å². The number of rotatable bonds is 14. The van der Waals surface area contributed by atoms with Gasteiger partial charge in [0.15, 0.2) is 0 Å². The molecule has 0 bridgehead atoms. The summed E-state index contributed by atoms with van der Waals surface area (Å²) in [5.41, 5.74) is 8.65. The minimum absolute atomic E-state index is 0.660. The highest BCUT2D eigenvalue weighted by Crippen LogP contribution is 2.35. The molecule has 0 aromatic heterocycles. The Hall–Kier alpha value is -1.76. The van der Waals surface area contributed by atoms with Crippen LogP contribution in [0.25, 0.3) is 0 Å². The maximum atomic E-state index is 3.77. The minimum atomic E-state index is 0.660. The van der Waals surface area contributed by atoms with Gasteiger partial charge in [-0.1, -0.05) is 116 Å². The summed E-state index contributed by atoms with van der Waals surface area (Å²) in [4.78, 5) is 0. The van der Waals surface area contributed by atoms with Crippen LogP contribution >= 0.6 is 0 Å². The quantitative estimate of drug-likeness (QED) is 0.284. The molecule has 0 aliphatic carbocycles. The van der Waals surface area contributed by atoms with E-state index < -0.39 is 0 Å². The van der Waals surface area contributed by atoms with Gasteiger partial charge in [0.2, 0.25) is 0 Å². The van der Waals surface area contributed by atoms with Gasteiger partial charge in [0.1, 0.15) is 0 Å². The van der Waals surface area contributed by atoms with Crippen LogP contribution in [0, 0.1) is 0 Å². The van der Waals surface area contributed by atoms with Crippen molar-refractivity contribution < 1.29 is 0 Å². The van der Waals surface area contributed by atoms with Crippen molar-refractivity contribution >= 4 is 11.4 Å². The van der Waals surface area contributed by atoms with Gasteiger partial charge in [0.05, 0.1) is 0 Å². The van der Waals surface area contributed by atoms with Gasteiger partial charge in [-0.15, -0.1) is 0 Å². The summed E-state index contributed by atoms with van der Waals surface area (Å²) in [6.45, 7) is 9.41. The highest BCUT2D eigenvalue weighted by atomic mass is 14.9. The van der Waals surface area contributed by atoms with Crippen molar-refractivity contribution in [2.45, 2.75) is 129 Å². The van der Waals surface area contributed by atoms with Gasteiger partial charge in [-0.3, -0.25) is 0 Å². The lowest BCUT2D eigenvalue weighted by atomic mass is 9.91. The lowest BCUT2D eigenvalue weighted by Crippen LogP contribution is -1.99. The van der Waals surface area contributed by atoms with E-state index in [0.717, 1.165) is 12.8 Å². The third-order valence-corrected chi connectivity index (χ3v) is 7.81. The summed E-state index contributed by atoms with van der Waals surface area (Å²) < 4.78 is 0. The Morgan fingerprint density at radius 1 is 0.606 bits per heavy atom.